The molecule has 0 bridgehead atoms. The highest BCUT2D eigenvalue weighted by Crippen LogP contribution is 2.35. The normalized spacial score (nSPS) is 25.1. The van der Waals surface area contributed by atoms with Crippen LogP contribution in [0.1, 0.15) is 12.7 Å². The minimum absolute atomic E-state index is 0.247. The quantitative estimate of drug-likeness (QED) is 0.588. The predicted octanol–water partition coefficient (Wildman–Crippen LogP) is 2.52. The van der Waals surface area contributed by atoms with Gasteiger partial charge < -0.3 is 9.42 Å². The van der Waals surface area contributed by atoms with E-state index in [0.717, 1.165) is 4.90 Å². The van der Waals surface area contributed by atoms with Crippen LogP contribution in [0.4, 0.5) is 23.8 Å². The highest BCUT2D eigenvalue weighted by atomic mass is 35.5. The molecule has 5 nitrogen and oxygen atoms in total. The molecule has 1 fully saturated rings. The smallest absolute Gasteiger partial charge is 0.349 e. The molecule has 1 aliphatic rings. The van der Waals surface area contributed by atoms with E-state index < -0.39 is 23.5 Å². The van der Waals surface area contributed by atoms with Crippen LogP contribution in [-0.4, -0.2) is 34.7 Å². The van der Waals surface area contributed by atoms with Gasteiger partial charge in [0.2, 0.25) is 5.76 Å². The Bertz CT molecular complexity index is 476. The lowest BCUT2D eigenvalue weighted by atomic mass is 10.3. The Kier molecular flexibility index (Phi) is 2.92. The third kappa shape index (κ3) is 1.90. The van der Waals surface area contributed by atoms with Gasteiger partial charge in [-0.1, -0.05) is 16.8 Å². The van der Waals surface area contributed by atoms with Gasteiger partial charge in [-0.15, -0.1) is 0 Å². The summed E-state index contributed by atoms with van der Waals surface area (Å²) in [7, 11) is 1.51. The maximum Gasteiger partial charge on any atom is 0.452 e. The zero-order valence-corrected chi connectivity index (χ0v) is 10.2. The number of rotatable bonds is 1. The fourth-order valence-electron chi connectivity index (χ4n) is 1.59. The van der Waals surface area contributed by atoms with Crippen LogP contribution in [0.5, 0.6) is 0 Å². The van der Waals surface area contributed by atoms with Crippen molar-refractivity contribution in [2.45, 2.75) is 24.6 Å². The van der Waals surface area contributed by atoms with Crippen molar-refractivity contribution < 1.29 is 22.5 Å². The number of likely N-dealkylation sites (N-methyl/N-ethyl adjacent to an activating group) is 1. The second-order valence-corrected chi connectivity index (χ2v) is 4.37. The summed E-state index contributed by atoms with van der Waals surface area (Å²) in [5, 5.41) is 3.23. The zero-order chi connectivity index (χ0) is 13.7. The summed E-state index contributed by atoms with van der Waals surface area (Å²) >= 11 is 5.98. The molecular formula is C9H9ClF3N3O2. The molecule has 2 atom stereocenters. The first kappa shape index (κ1) is 13.0. The molecule has 9 heteroatoms. The number of alkyl halides is 4. The van der Waals surface area contributed by atoms with Gasteiger partial charge in [-0.05, 0) is 6.92 Å². The Labute approximate surface area is 105 Å². The van der Waals surface area contributed by atoms with E-state index >= 15 is 0 Å². The van der Waals surface area contributed by atoms with E-state index in [-0.39, 0.29) is 11.9 Å². The third-order valence-corrected chi connectivity index (χ3v) is 3.35. The van der Waals surface area contributed by atoms with E-state index in [2.05, 4.69) is 9.68 Å². The molecule has 1 aromatic rings. The lowest BCUT2D eigenvalue weighted by Crippen LogP contribution is -2.32. The van der Waals surface area contributed by atoms with Crippen LogP contribution >= 0.6 is 11.6 Å². The molecule has 2 rings (SSSR count). The largest absolute Gasteiger partial charge is 0.452 e. The molecule has 1 aliphatic heterocycles. The van der Waals surface area contributed by atoms with Gasteiger partial charge in [0.15, 0.2) is 5.82 Å². The van der Waals surface area contributed by atoms with Crippen molar-refractivity contribution in [3.63, 3.8) is 0 Å². The van der Waals surface area contributed by atoms with Crippen molar-refractivity contribution in [1.29, 1.82) is 0 Å². The Morgan fingerprint density at radius 2 is 2.11 bits per heavy atom. The average Bonchev–Trinajstić information content (AvgIpc) is 2.81. The van der Waals surface area contributed by atoms with Crippen LogP contribution < -0.4 is 4.90 Å². The van der Waals surface area contributed by atoms with Gasteiger partial charge in [-0.25, -0.2) is 4.79 Å². The van der Waals surface area contributed by atoms with Gasteiger partial charge in [0.25, 0.3) is 0 Å². The Hall–Kier alpha value is -1.44. The Morgan fingerprint density at radius 1 is 1.50 bits per heavy atom. The van der Waals surface area contributed by atoms with Gasteiger partial charge in [0, 0.05) is 13.1 Å². The monoisotopic (exact) mass is 283 g/mol. The molecule has 1 aromatic heterocycles. The second kappa shape index (κ2) is 4.04. The van der Waals surface area contributed by atoms with Crippen LogP contribution in [0, 0.1) is 0 Å². The standard InChI is InChI=1S/C9H9ClF3N3O2/c1-4-7(10)16(8(17)15(4)2)6-3-5(18-14-6)9(11,12)13/h3-4,7H,1-2H3. The molecule has 0 saturated carbocycles. The molecule has 18 heavy (non-hydrogen) atoms. The van der Waals surface area contributed by atoms with Crippen molar-refractivity contribution in [1.82, 2.24) is 10.1 Å². The summed E-state index contributed by atoms with van der Waals surface area (Å²) in [4.78, 5) is 14.1. The highest BCUT2D eigenvalue weighted by molar-refractivity contribution is 6.26. The zero-order valence-electron chi connectivity index (χ0n) is 9.40. The summed E-state index contributed by atoms with van der Waals surface area (Å²) < 4.78 is 41.2. The second-order valence-electron chi connectivity index (χ2n) is 3.92. The number of anilines is 1. The highest BCUT2D eigenvalue weighted by Gasteiger charge is 2.44. The summed E-state index contributed by atoms with van der Waals surface area (Å²) in [6.07, 6.45) is -4.65. The van der Waals surface area contributed by atoms with Crippen LogP contribution in [0.3, 0.4) is 0 Å². The molecule has 0 aliphatic carbocycles. The summed E-state index contributed by atoms with van der Waals surface area (Å²) in [6.45, 7) is 1.68. The average molecular weight is 284 g/mol. The van der Waals surface area contributed by atoms with Crippen molar-refractivity contribution in [2.75, 3.05) is 11.9 Å². The van der Waals surface area contributed by atoms with Gasteiger partial charge in [-0.3, -0.25) is 4.90 Å². The van der Waals surface area contributed by atoms with Gasteiger partial charge >= 0.3 is 12.2 Å². The number of carbonyl (C=O) groups is 1. The molecule has 2 heterocycles. The molecule has 0 aromatic carbocycles. The lowest BCUT2D eigenvalue weighted by Gasteiger charge is -2.15. The summed E-state index contributed by atoms with van der Waals surface area (Å²) in [6, 6.07) is -0.214. The topological polar surface area (TPSA) is 49.6 Å². The number of carbonyl (C=O) groups excluding carboxylic acids is 1. The number of urea groups is 1. The fraction of sp³-hybridized carbons (Fsp3) is 0.556. The minimum Gasteiger partial charge on any atom is -0.349 e. The SMILES string of the molecule is CC1C(Cl)N(c2cc(C(F)(F)F)on2)C(=O)N1C. The van der Waals surface area contributed by atoms with E-state index in [4.69, 9.17) is 11.6 Å². The molecule has 1 saturated heterocycles. The maximum absolute atomic E-state index is 12.4. The van der Waals surface area contributed by atoms with E-state index in [1.165, 1.54) is 11.9 Å². The minimum atomic E-state index is -4.65. The number of amides is 2. The fourth-order valence-corrected chi connectivity index (χ4v) is 1.94. The van der Waals surface area contributed by atoms with Crippen molar-refractivity contribution in [2.24, 2.45) is 0 Å². The molecule has 0 N–H and O–H groups in total. The predicted molar refractivity (Wildman–Crippen MR) is 56.2 cm³/mol. The lowest BCUT2D eigenvalue weighted by molar-refractivity contribution is -0.155. The molecule has 2 amide bonds. The van der Waals surface area contributed by atoms with E-state index in [9.17, 15) is 18.0 Å². The Morgan fingerprint density at radius 3 is 2.50 bits per heavy atom. The first-order valence-corrected chi connectivity index (χ1v) is 5.41. The molecular weight excluding hydrogens is 275 g/mol. The van der Waals surface area contributed by atoms with E-state index in [0.29, 0.717) is 6.07 Å². The molecule has 2 unspecified atom stereocenters. The maximum atomic E-state index is 12.4. The Balaban J connectivity index is 2.33. The number of halogens is 4. The molecule has 100 valence electrons. The first-order valence-electron chi connectivity index (χ1n) is 4.97. The summed E-state index contributed by atoms with van der Waals surface area (Å²) in [5.74, 6) is -1.51. The summed E-state index contributed by atoms with van der Waals surface area (Å²) in [5.41, 5.74) is -0.798. The molecule has 0 spiro atoms. The van der Waals surface area contributed by atoms with Gasteiger partial charge in [-0.2, -0.15) is 13.2 Å². The van der Waals surface area contributed by atoms with Crippen LogP contribution in [-0.2, 0) is 6.18 Å². The first-order chi connectivity index (χ1) is 8.23. The van der Waals surface area contributed by atoms with Crippen LogP contribution in [0.2, 0.25) is 0 Å². The number of aromatic nitrogens is 1. The number of hydrogen-bond donors (Lipinski definition) is 0. The third-order valence-electron chi connectivity index (χ3n) is 2.79. The van der Waals surface area contributed by atoms with Gasteiger partial charge in [0.1, 0.15) is 5.50 Å². The number of hydrogen-bond acceptors (Lipinski definition) is 3. The van der Waals surface area contributed by atoms with Crippen molar-refractivity contribution in [3.05, 3.63) is 11.8 Å². The van der Waals surface area contributed by atoms with Crippen LogP contribution in [0.15, 0.2) is 10.6 Å². The van der Waals surface area contributed by atoms with Crippen molar-refractivity contribution in [3.8, 4) is 0 Å². The molecule has 0 radical (unpaired) electrons. The van der Waals surface area contributed by atoms with Crippen molar-refractivity contribution >= 4 is 23.4 Å². The van der Waals surface area contributed by atoms with Gasteiger partial charge in [0.05, 0.1) is 6.04 Å². The number of nitrogens with zero attached hydrogens (tertiary/aromatic N) is 3. The van der Waals surface area contributed by atoms with E-state index in [1.54, 1.807) is 6.92 Å². The van der Waals surface area contributed by atoms with Crippen LogP contribution in [0.25, 0.3) is 0 Å². The van der Waals surface area contributed by atoms with E-state index in [1.807, 2.05) is 0 Å².